The number of carbonyl (C=O) groups is 2. The first-order chi connectivity index (χ1) is 21.1. The zero-order chi connectivity index (χ0) is 31.0. The average molecular weight is 593 g/mol. The number of anilines is 1. The molecule has 0 N–H and O–H groups in total. The van der Waals surface area contributed by atoms with Gasteiger partial charge >= 0.3 is 6.09 Å². The molecule has 0 saturated carbocycles. The third-order valence-corrected chi connectivity index (χ3v) is 7.35. The van der Waals surface area contributed by atoms with Crippen LogP contribution < -0.4 is 4.90 Å². The number of piperidine rings is 1. The van der Waals surface area contributed by atoms with Crippen molar-refractivity contribution in [1.82, 2.24) is 29.9 Å². The molecule has 0 aliphatic carbocycles. The Balaban J connectivity index is 1.41. The maximum absolute atomic E-state index is 15.9. The molecular formula is C32H29FN8O3. The van der Waals surface area contributed by atoms with Gasteiger partial charge in [-0.05, 0) is 75.4 Å². The largest absolute Gasteiger partial charge is 0.444 e. The fraction of sp³-hybridized carbons (Fsp3) is 0.281. The summed E-state index contributed by atoms with van der Waals surface area (Å²) < 4.78 is 22.9. The number of halogens is 1. The van der Waals surface area contributed by atoms with Crippen LogP contribution in [0.3, 0.4) is 0 Å². The molecule has 0 bridgehead atoms. The molecule has 12 heteroatoms. The number of amides is 2. The van der Waals surface area contributed by atoms with Crippen LogP contribution in [0, 0.1) is 12.4 Å². The molecule has 1 aliphatic heterocycles. The van der Waals surface area contributed by atoms with Crippen molar-refractivity contribution in [3.05, 3.63) is 89.8 Å². The van der Waals surface area contributed by atoms with Crippen molar-refractivity contribution in [3.63, 3.8) is 0 Å². The molecule has 6 rings (SSSR count). The van der Waals surface area contributed by atoms with Gasteiger partial charge in [0.05, 0.1) is 23.9 Å². The van der Waals surface area contributed by atoms with E-state index in [-0.39, 0.29) is 12.1 Å². The first-order valence-electron chi connectivity index (χ1n) is 14.2. The van der Waals surface area contributed by atoms with E-state index in [0.717, 1.165) is 0 Å². The van der Waals surface area contributed by atoms with Crippen LogP contribution in [0.4, 0.5) is 20.7 Å². The number of hydrogen-bond donors (Lipinski definition) is 0. The number of likely N-dealkylation sites (tertiary alicyclic amines) is 1. The normalized spacial score (nSPS) is 15.2. The smallest absolute Gasteiger partial charge is 0.410 e. The number of rotatable bonds is 4. The van der Waals surface area contributed by atoms with Gasteiger partial charge in [-0.1, -0.05) is 17.3 Å². The summed E-state index contributed by atoms with van der Waals surface area (Å²) in [5, 5.41) is 9.51. The number of nitrogens with zero attached hydrogens (tertiary/aromatic N) is 8. The Kier molecular flexibility index (Phi) is 7.38. The summed E-state index contributed by atoms with van der Waals surface area (Å²) in [6, 6.07) is 14.1. The number of hydrogen-bond acceptors (Lipinski definition) is 7. The van der Waals surface area contributed by atoms with Crippen molar-refractivity contribution >= 4 is 45.4 Å². The second kappa shape index (κ2) is 11.3. The molecule has 11 nitrogen and oxygen atoms in total. The molecule has 222 valence electrons. The van der Waals surface area contributed by atoms with Gasteiger partial charge in [-0.15, -0.1) is 5.10 Å². The van der Waals surface area contributed by atoms with Gasteiger partial charge in [0.15, 0.2) is 11.3 Å². The van der Waals surface area contributed by atoms with E-state index in [1.54, 1.807) is 80.5 Å². The Morgan fingerprint density at radius 1 is 1.09 bits per heavy atom. The van der Waals surface area contributed by atoms with E-state index in [4.69, 9.17) is 11.3 Å². The lowest BCUT2D eigenvalue weighted by molar-refractivity contribution is 0.0196. The van der Waals surface area contributed by atoms with Crippen molar-refractivity contribution in [1.29, 1.82) is 0 Å². The van der Waals surface area contributed by atoms with Gasteiger partial charge in [-0.25, -0.2) is 24.0 Å². The number of ether oxygens (including phenoxy) is 1. The monoisotopic (exact) mass is 592 g/mol. The second-order valence-electron chi connectivity index (χ2n) is 11.6. The SMILES string of the molecule is [C-]#[N+]c1ccc2c(N(C(=O)c3ccc(-n4nnc5cccnc54)cc3F)[C@@H]3CCCN(C(=O)OC(C)(C)C)C3)nccc2c1. The summed E-state index contributed by atoms with van der Waals surface area (Å²) in [7, 11) is 0. The van der Waals surface area contributed by atoms with Crippen molar-refractivity contribution in [3.8, 4) is 5.69 Å². The van der Waals surface area contributed by atoms with Gasteiger partial charge in [0.25, 0.3) is 5.91 Å². The van der Waals surface area contributed by atoms with Crippen LogP contribution >= 0.6 is 0 Å². The topological polar surface area (TPSA) is 111 Å². The summed E-state index contributed by atoms with van der Waals surface area (Å²) in [4.78, 5) is 42.8. The minimum Gasteiger partial charge on any atom is -0.444 e. The molecule has 4 heterocycles. The molecule has 1 aliphatic rings. The van der Waals surface area contributed by atoms with Crippen LogP contribution in [-0.4, -0.2) is 66.6 Å². The van der Waals surface area contributed by atoms with Crippen LogP contribution in [0.15, 0.2) is 67.0 Å². The Labute approximate surface area is 252 Å². The number of carbonyl (C=O) groups excluding carboxylic acids is 2. The maximum atomic E-state index is 15.9. The van der Waals surface area contributed by atoms with E-state index in [2.05, 4.69) is 25.1 Å². The highest BCUT2D eigenvalue weighted by atomic mass is 19.1. The third-order valence-electron chi connectivity index (χ3n) is 7.35. The van der Waals surface area contributed by atoms with Crippen LogP contribution in [-0.2, 0) is 4.74 Å². The van der Waals surface area contributed by atoms with Gasteiger partial charge in [-0.2, -0.15) is 4.68 Å². The Morgan fingerprint density at radius 2 is 1.93 bits per heavy atom. The van der Waals surface area contributed by atoms with Gasteiger partial charge in [0.2, 0.25) is 0 Å². The van der Waals surface area contributed by atoms with Crippen molar-refractivity contribution in [2.24, 2.45) is 0 Å². The van der Waals surface area contributed by atoms with Crippen molar-refractivity contribution in [2.45, 2.75) is 45.3 Å². The zero-order valence-electron chi connectivity index (χ0n) is 24.4. The van der Waals surface area contributed by atoms with E-state index in [1.165, 1.54) is 21.7 Å². The summed E-state index contributed by atoms with van der Waals surface area (Å²) >= 11 is 0. The molecule has 1 fully saturated rings. The van der Waals surface area contributed by atoms with Crippen LogP contribution in [0.2, 0.25) is 0 Å². The van der Waals surface area contributed by atoms with E-state index >= 15 is 4.39 Å². The number of pyridine rings is 2. The number of fused-ring (bicyclic) bond motifs is 2. The molecule has 2 amide bonds. The predicted octanol–water partition coefficient (Wildman–Crippen LogP) is 6.10. The highest BCUT2D eigenvalue weighted by Crippen LogP contribution is 2.33. The molecule has 5 aromatic rings. The first-order valence-corrected chi connectivity index (χ1v) is 14.2. The summed E-state index contributed by atoms with van der Waals surface area (Å²) in [6.07, 6.45) is 3.83. The van der Waals surface area contributed by atoms with Crippen LogP contribution in [0.25, 0.3) is 32.5 Å². The average Bonchev–Trinajstić information content (AvgIpc) is 3.44. The van der Waals surface area contributed by atoms with Crippen molar-refractivity contribution < 1.29 is 18.7 Å². The van der Waals surface area contributed by atoms with Gasteiger partial charge < -0.3 is 9.64 Å². The zero-order valence-corrected chi connectivity index (χ0v) is 24.4. The standard InChI is InChI=1S/C32H29FN8O3/c1-32(2,3)44-31(43)39-16-6-7-23(19-39)40(28-24-11-9-21(34-4)17-20(24)13-15-36-28)30(42)25-12-10-22(18-26(25)33)41-29-27(37-38-41)8-5-14-35-29/h5,8-15,17-18,23H,6-7,16,19H2,1-3H3/t23-/m1/s1. The minimum absolute atomic E-state index is 0.169. The lowest BCUT2D eigenvalue weighted by Crippen LogP contribution is -2.53. The predicted molar refractivity (Wildman–Crippen MR) is 162 cm³/mol. The van der Waals surface area contributed by atoms with Crippen molar-refractivity contribution in [2.75, 3.05) is 18.0 Å². The Hall–Kier alpha value is -5.44. The van der Waals surface area contributed by atoms with E-state index < -0.39 is 29.5 Å². The Morgan fingerprint density at radius 3 is 2.70 bits per heavy atom. The summed E-state index contributed by atoms with van der Waals surface area (Å²) in [5.74, 6) is -1.05. The van der Waals surface area contributed by atoms with E-state index in [9.17, 15) is 9.59 Å². The highest BCUT2D eigenvalue weighted by Gasteiger charge is 2.36. The maximum Gasteiger partial charge on any atom is 0.410 e. The summed E-state index contributed by atoms with van der Waals surface area (Å²) in [5.41, 5.74) is 0.948. The third kappa shape index (κ3) is 5.51. The summed E-state index contributed by atoms with van der Waals surface area (Å²) in [6.45, 7) is 13.4. The van der Waals surface area contributed by atoms with Gasteiger partial charge in [0, 0.05) is 36.9 Å². The number of benzene rings is 2. The van der Waals surface area contributed by atoms with Gasteiger partial charge in [-0.3, -0.25) is 9.69 Å². The van der Waals surface area contributed by atoms with Crippen LogP contribution in [0.1, 0.15) is 44.0 Å². The molecule has 1 atom stereocenters. The molecular weight excluding hydrogens is 563 g/mol. The quantitative estimate of drug-likeness (QED) is 0.232. The minimum atomic E-state index is -0.757. The molecule has 0 spiro atoms. The fourth-order valence-electron chi connectivity index (χ4n) is 5.38. The molecule has 1 saturated heterocycles. The fourth-order valence-corrected chi connectivity index (χ4v) is 5.38. The first kappa shape index (κ1) is 28.7. The lowest BCUT2D eigenvalue weighted by atomic mass is 10.0. The number of aromatic nitrogens is 5. The molecule has 0 unspecified atom stereocenters. The Bertz CT molecular complexity index is 1940. The molecule has 3 aromatic heterocycles. The van der Waals surface area contributed by atoms with E-state index in [1.807, 2.05) is 0 Å². The van der Waals surface area contributed by atoms with Crippen LogP contribution in [0.5, 0.6) is 0 Å². The molecule has 2 aromatic carbocycles. The van der Waals surface area contributed by atoms with Gasteiger partial charge in [0.1, 0.15) is 22.8 Å². The lowest BCUT2D eigenvalue weighted by Gasteiger charge is -2.39. The molecule has 0 radical (unpaired) electrons. The second-order valence-corrected chi connectivity index (χ2v) is 11.6. The molecule has 44 heavy (non-hydrogen) atoms. The van der Waals surface area contributed by atoms with E-state index in [0.29, 0.717) is 58.5 Å². The highest BCUT2D eigenvalue weighted by molar-refractivity contribution is 6.10.